The van der Waals surface area contributed by atoms with Crippen LogP contribution < -0.4 is 5.32 Å². The molecule has 1 aromatic heterocycles. The number of hydrogen-bond acceptors (Lipinski definition) is 3. The smallest absolute Gasteiger partial charge is 0.181 e. The second-order valence-corrected chi connectivity index (χ2v) is 4.98. The van der Waals surface area contributed by atoms with Crippen LogP contribution in [0, 0.1) is 13.8 Å². The molecular weight excluding hydrogens is 224 g/mol. The van der Waals surface area contributed by atoms with E-state index in [1.165, 1.54) is 17.5 Å². The van der Waals surface area contributed by atoms with Gasteiger partial charge in [-0.1, -0.05) is 31.5 Å². The van der Waals surface area contributed by atoms with Crippen LogP contribution in [0.1, 0.15) is 30.7 Å². The minimum Gasteiger partial charge on any atom is -0.443 e. The third-order valence-electron chi connectivity index (χ3n) is 2.96. The molecule has 0 amide bonds. The van der Waals surface area contributed by atoms with Crippen LogP contribution in [0.5, 0.6) is 0 Å². The van der Waals surface area contributed by atoms with Crippen molar-refractivity contribution in [2.45, 2.75) is 40.3 Å². The standard InChI is InChI=1S/C15H20N2O/c1-10(2)16-8-14-15(18-9-17-14)13-7-11(3)5-6-12(13)4/h5-7,9-10,16H,8H2,1-4H3. The quantitative estimate of drug-likeness (QED) is 0.895. The highest BCUT2D eigenvalue weighted by Gasteiger charge is 2.13. The molecule has 1 N–H and O–H groups in total. The highest BCUT2D eigenvalue weighted by molar-refractivity contribution is 5.64. The van der Waals surface area contributed by atoms with Gasteiger partial charge in [0.15, 0.2) is 12.2 Å². The van der Waals surface area contributed by atoms with Crippen molar-refractivity contribution < 1.29 is 4.42 Å². The molecule has 0 aliphatic heterocycles. The third-order valence-corrected chi connectivity index (χ3v) is 2.96. The lowest BCUT2D eigenvalue weighted by Gasteiger charge is -2.09. The summed E-state index contributed by atoms with van der Waals surface area (Å²) in [6.45, 7) is 9.16. The predicted molar refractivity (Wildman–Crippen MR) is 73.4 cm³/mol. The topological polar surface area (TPSA) is 38.1 Å². The number of aryl methyl sites for hydroxylation is 2. The van der Waals surface area contributed by atoms with Gasteiger partial charge in [0.05, 0.1) is 0 Å². The lowest BCUT2D eigenvalue weighted by Crippen LogP contribution is -2.22. The van der Waals surface area contributed by atoms with E-state index in [0.717, 1.165) is 23.6 Å². The van der Waals surface area contributed by atoms with Gasteiger partial charge in [-0.2, -0.15) is 0 Å². The Bertz CT molecular complexity index is 529. The van der Waals surface area contributed by atoms with E-state index in [1.54, 1.807) is 0 Å². The Hall–Kier alpha value is -1.61. The molecule has 3 heteroatoms. The van der Waals surface area contributed by atoms with Crippen molar-refractivity contribution in [1.29, 1.82) is 0 Å². The summed E-state index contributed by atoms with van der Waals surface area (Å²) in [4.78, 5) is 4.31. The molecule has 0 aliphatic carbocycles. The molecule has 2 rings (SSSR count). The summed E-state index contributed by atoms with van der Waals surface area (Å²) in [5.74, 6) is 0.879. The Morgan fingerprint density at radius 2 is 2.06 bits per heavy atom. The fourth-order valence-corrected chi connectivity index (χ4v) is 1.90. The number of hydrogen-bond donors (Lipinski definition) is 1. The minimum atomic E-state index is 0.438. The zero-order valence-corrected chi connectivity index (χ0v) is 11.4. The lowest BCUT2D eigenvalue weighted by molar-refractivity contribution is 0.562. The van der Waals surface area contributed by atoms with Gasteiger partial charge in [0.2, 0.25) is 0 Å². The molecule has 0 atom stereocenters. The van der Waals surface area contributed by atoms with Crippen LogP contribution in [0.2, 0.25) is 0 Å². The summed E-state index contributed by atoms with van der Waals surface area (Å²) >= 11 is 0. The molecule has 0 fully saturated rings. The average Bonchev–Trinajstić information content (AvgIpc) is 2.77. The zero-order valence-electron chi connectivity index (χ0n) is 11.4. The largest absolute Gasteiger partial charge is 0.443 e. The van der Waals surface area contributed by atoms with E-state index < -0.39 is 0 Å². The molecule has 0 aliphatic rings. The molecule has 0 bridgehead atoms. The van der Waals surface area contributed by atoms with Gasteiger partial charge < -0.3 is 9.73 Å². The van der Waals surface area contributed by atoms with Gasteiger partial charge in [0, 0.05) is 18.2 Å². The van der Waals surface area contributed by atoms with Gasteiger partial charge in [-0.3, -0.25) is 0 Å². The van der Waals surface area contributed by atoms with E-state index in [9.17, 15) is 0 Å². The van der Waals surface area contributed by atoms with Crippen LogP contribution in [-0.4, -0.2) is 11.0 Å². The van der Waals surface area contributed by atoms with Gasteiger partial charge in [-0.05, 0) is 25.5 Å². The van der Waals surface area contributed by atoms with Crippen LogP contribution in [0.25, 0.3) is 11.3 Å². The van der Waals surface area contributed by atoms with E-state index >= 15 is 0 Å². The number of nitrogens with zero attached hydrogens (tertiary/aromatic N) is 1. The number of rotatable bonds is 4. The maximum Gasteiger partial charge on any atom is 0.181 e. The molecule has 1 heterocycles. The monoisotopic (exact) mass is 244 g/mol. The van der Waals surface area contributed by atoms with Gasteiger partial charge in [0.1, 0.15) is 5.69 Å². The molecule has 0 saturated heterocycles. The highest BCUT2D eigenvalue weighted by Crippen LogP contribution is 2.27. The molecule has 3 nitrogen and oxygen atoms in total. The Balaban J connectivity index is 2.33. The summed E-state index contributed by atoms with van der Waals surface area (Å²) in [6.07, 6.45) is 1.52. The van der Waals surface area contributed by atoms with Gasteiger partial charge in [-0.15, -0.1) is 0 Å². The van der Waals surface area contributed by atoms with Gasteiger partial charge in [-0.25, -0.2) is 4.98 Å². The van der Waals surface area contributed by atoms with Crippen molar-refractivity contribution in [3.8, 4) is 11.3 Å². The third kappa shape index (κ3) is 2.79. The molecule has 1 aromatic carbocycles. The van der Waals surface area contributed by atoms with Crippen molar-refractivity contribution in [3.63, 3.8) is 0 Å². The molecule has 0 radical (unpaired) electrons. The molecule has 2 aromatic rings. The number of nitrogens with one attached hydrogen (secondary N) is 1. The van der Waals surface area contributed by atoms with E-state index in [0.29, 0.717) is 6.04 Å². The van der Waals surface area contributed by atoms with E-state index in [4.69, 9.17) is 4.42 Å². The molecular formula is C15H20N2O. The van der Waals surface area contributed by atoms with Crippen molar-refractivity contribution in [2.24, 2.45) is 0 Å². The fraction of sp³-hybridized carbons (Fsp3) is 0.400. The second-order valence-electron chi connectivity index (χ2n) is 4.98. The average molecular weight is 244 g/mol. The summed E-state index contributed by atoms with van der Waals surface area (Å²) < 4.78 is 5.57. The second kappa shape index (κ2) is 5.36. The first-order chi connectivity index (χ1) is 8.58. The molecule has 96 valence electrons. The summed E-state index contributed by atoms with van der Waals surface area (Å²) in [5.41, 5.74) is 4.54. The van der Waals surface area contributed by atoms with E-state index in [-0.39, 0.29) is 0 Å². The maximum absolute atomic E-state index is 5.57. The number of oxazole rings is 1. The Kier molecular flexibility index (Phi) is 3.82. The maximum atomic E-state index is 5.57. The van der Waals surface area contributed by atoms with Gasteiger partial charge >= 0.3 is 0 Å². The molecule has 18 heavy (non-hydrogen) atoms. The summed E-state index contributed by atoms with van der Waals surface area (Å²) in [7, 11) is 0. The molecule has 0 unspecified atom stereocenters. The highest BCUT2D eigenvalue weighted by atomic mass is 16.3. The first-order valence-corrected chi connectivity index (χ1v) is 6.31. The van der Waals surface area contributed by atoms with E-state index in [2.05, 4.69) is 56.2 Å². The van der Waals surface area contributed by atoms with Crippen molar-refractivity contribution >= 4 is 0 Å². The van der Waals surface area contributed by atoms with Crippen molar-refractivity contribution in [2.75, 3.05) is 0 Å². The number of benzene rings is 1. The fourth-order valence-electron chi connectivity index (χ4n) is 1.90. The lowest BCUT2D eigenvalue weighted by atomic mass is 10.0. The normalized spacial score (nSPS) is 11.2. The van der Waals surface area contributed by atoms with Crippen LogP contribution in [0.15, 0.2) is 29.0 Å². The number of aromatic nitrogens is 1. The van der Waals surface area contributed by atoms with Crippen LogP contribution in [-0.2, 0) is 6.54 Å². The molecule has 0 saturated carbocycles. The Morgan fingerprint density at radius 1 is 1.28 bits per heavy atom. The first-order valence-electron chi connectivity index (χ1n) is 6.31. The van der Waals surface area contributed by atoms with E-state index in [1.807, 2.05) is 0 Å². The minimum absolute atomic E-state index is 0.438. The van der Waals surface area contributed by atoms with Crippen molar-refractivity contribution in [1.82, 2.24) is 10.3 Å². The van der Waals surface area contributed by atoms with Crippen LogP contribution in [0.3, 0.4) is 0 Å². The summed E-state index contributed by atoms with van der Waals surface area (Å²) in [5, 5.41) is 3.37. The van der Waals surface area contributed by atoms with Gasteiger partial charge in [0.25, 0.3) is 0 Å². The van der Waals surface area contributed by atoms with Crippen LogP contribution >= 0.6 is 0 Å². The predicted octanol–water partition coefficient (Wildman–Crippen LogP) is 3.46. The Labute approximate surface area is 108 Å². The van der Waals surface area contributed by atoms with Crippen LogP contribution in [0.4, 0.5) is 0 Å². The van der Waals surface area contributed by atoms with Crippen molar-refractivity contribution in [3.05, 3.63) is 41.4 Å². The zero-order chi connectivity index (χ0) is 13.1. The first kappa shape index (κ1) is 12.8. The molecule has 0 spiro atoms. The SMILES string of the molecule is Cc1ccc(C)c(-c2ocnc2CNC(C)C)c1. The Morgan fingerprint density at radius 3 is 2.78 bits per heavy atom. The summed E-state index contributed by atoms with van der Waals surface area (Å²) in [6, 6.07) is 6.82.